The van der Waals surface area contributed by atoms with Crippen LogP contribution >= 0.6 is 0 Å². The van der Waals surface area contributed by atoms with Crippen LogP contribution in [0.3, 0.4) is 0 Å². The Kier molecular flexibility index (Phi) is 3.77. The number of nitrogens with zero attached hydrogens (tertiary/aromatic N) is 2. The molecule has 0 saturated carbocycles. The number of aromatic nitrogens is 2. The van der Waals surface area contributed by atoms with Gasteiger partial charge in [-0.05, 0) is 38.1 Å². The Balaban J connectivity index is 2.22. The van der Waals surface area contributed by atoms with Crippen molar-refractivity contribution in [3.63, 3.8) is 0 Å². The molecule has 0 amide bonds. The van der Waals surface area contributed by atoms with E-state index in [0.29, 0.717) is 11.7 Å². The topological polar surface area (TPSA) is 44.2 Å². The fraction of sp³-hybridized carbons (Fsp3) is 0.286. The molecule has 4 nitrogen and oxygen atoms in total. The molecule has 0 fully saturated rings. The van der Waals surface area contributed by atoms with Crippen molar-refractivity contribution in [1.82, 2.24) is 9.97 Å². The van der Waals surface area contributed by atoms with Gasteiger partial charge in [-0.25, -0.2) is 4.98 Å². The summed E-state index contributed by atoms with van der Waals surface area (Å²) in [4.78, 5) is 8.49. The number of rotatable bonds is 4. The molecule has 0 bridgehead atoms. The first-order valence-corrected chi connectivity index (χ1v) is 5.83. The molecule has 0 radical (unpaired) electrons. The highest BCUT2D eigenvalue weighted by molar-refractivity contribution is 5.56. The fourth-order valence-electron chi connectivity index (χ4n) is 1.55. The van der Waals surface area contributed by atoms with Gasteiger partial charge in [0.05, 0.1) is 13.2 Å². The lowest BCUT2D eigenvalue weighted by Gasteiger charge is -2.09. The second kappa shape index (κ2) is 5.49. The molecule has 1 aromatic heterocycles. The van der Waals surface area contributed by atoms with Crippen LogP contribution in [0.25, 0.3) is 11.4 Å². The first kappa shape index (κ1) is 12.4. The molecule has 0 unspecified atom stereocenters. The third kappa shape index (κ3) is 2.97. The van der Waals surface area contributed by atoms with Crippen LogP contribution in [-0.4, -0.2) is 23.2 Å². The van der Waals surface area contributed by atoms with Crippen LogP contribution in [0.1, 0.15) is 13.8 Å². The monoisotopic (exact) mass is 244 g/mol. The van der Waals surface area contributed by atoms with Crippen molar-refractivity contribution in [2.24, 2.45) is 0 Å². The maximum atomic E-state index is 5.58. The van der Waals surface area contributed by atoms with E-state index in [9.17, 15) is 0 Å². The normalized spacial score (nSPS) is 10.4. The van der Waals surface area contributed by atoms with Crippen LogP contribution < -0.4 is 9.47 Å². The molecule has 94 valence electrons. The predicted molar refractivity (Wildman–Crippen MR) is 69.8 cm³/mol. The van der Waals surface area contributed by atoms with Gasteiger partial charge >= 0.3 is 0 Å². The van der Waals surface area contributed by atoms with Crippen LogP contribution in [0, 0.1) is 0 Å². The van der Waals surface area contributed by atoms with Crippen LogP contribution in [-0.2, 0) is 0 Å². The van der Waals surface area contributed by atoms with Crippen molar-refractivity contribution in [2.75, 3.05) is 7.11 Å². The first-order chi connectivity index (χ1) is 8.69. The molecule has 1 aromatic carbocycles. The van der Waals surface area contributed by atoms with Gasteiger partial charge in [-0.2, -0.15) is 4.98 Å². The Morgan fingerprint density at radius 3 is 2.39 bits per heavy atom. The van der Waals surface area contributed by atoms with Gasteiger partial charge in [0.2, 0.25) is 5.88 Å². The van der Waals surface area contributed by atoms with Gasteiger partial charge in [-0.3, -0.25) is 0 Å². The van der Waals surface area contributed by atoms with E-state index in [1.54, 1.807) is 19.4 Å². The highest BCUT2D eigenvalue weighted by atomic mass is 16.5. The van der Waals surface area contributed by atoms with Crippen molar-refractivity contribution < 1.29 is 9.47 Å². The molecule has 1 heterocycles. The first-order valence-electron chi connectivity index (χ1n) is 5.83. The molecule has 0 N–H and O–H groups in total. The summed E-state index contributed by atoms with van der Waals surface area (Å²) in [6.07, 6.45) is 1.85. The molecule has 0 aliphatic rings. The van der Waals surface area contributed by atoms with Crippen molar-refractivity contribution in [3.8, 4) is 23.0 Å². The molecule has 0 saturated heterocycles. The van der Waals surface area contributed by atoms with Crippen molar-refractivity contribution >= 4 is 0 Å². The lowest BCUT2D eigenvalue weighted by atomic mass is 10.2. The van der Waals surface area contributed by atoms with E-state index < -0.39 is 0 Å². The SMILES string of the molecule is COc1ccnc(-c2ccc(OC(C)C)cc2)n1. The molecule has 0 atom stereocenters. The minimum absolute atomic E-state index is 0.170. The summed E-state index contributed by atoms with van der Waals surface area (Å²) in [5.41, 5.74) is 0.935. The van der Waals surface area contributed by atoms with Gasteiger partial charge < -0.3 is 9.47 Å². The predicted octanol–water partition coefficient (Wildman–Crippen LogP) is 2.94. The van der Waals surface area contributed by atoms with Crippen molar-refractivity contribution in [1.29, 1.82) is 0 Å². The van der Waals surface area contributed by atoms with Crippen molar-refractivity contribution in [2.45, 2.75) is 20.0 Å². The van der Waals surface area contributed by atoms with Gasteiger partial charge in [0.25, 0.3) is 0 Å². The summed E-state index contributed by atoms with van der Waals surface area (Å²) < 4.78 is 10.7. The maximum Gasteiger partial charge on any atom is 0.216 e. The Hall–Kier alpha value is -2.10. The van der Waals surface area contributed by atoms with E-state index in [1.165, 1.54) is 0 Å². The molecule has 18 heavy (non-hydrogen) atoms. The number of hydrogen-bond donors (Lipinski definition) is 0. The Bertz CT molecular complexity index is 509. The minimum atomic E-state index is 0.170. The maximum absolute atomic E-state index is 5.58. The third-order valence-corrected chi connectivity index (χ3v) is 2.32. The van der Waals surface area contributed by atoms with Gasteiger partial charge in [-0.15, -0.1) is 0 Å². The number of hydrogen-bond acceptors (Lipinski definition) is 4. The molecule has 0 aliphatic heterocycles. The van der Waals surface area contributed by atoms with Gasteiger partial charge in [0, 0.05) is 17.8 Å². The van der Waals surface area contributed by atoms with E-state index in [-0.39, 0.29) is 6.10 Å². The van der Waals surface area contributed by atoms with E-state index in [0.717, 1.165) is 11.3 Å². The molecule has 2 rings (SSSR count). The second-order valence-corrected chi connectivity index (χ2v) is 4.11. The summed E-state index contributed by atoms with van der Waals surface area (Å²) in [6, 6.07) is 9.43. The summed E-state index contributed by atoms with van der Waals surface area (Å²) in [5.74, 6) is 2.05. The number of benzene rings is 1. The average Bonchev–Trinajstić information content (AvgIpc) is 2.39. The summed E-state index contributed by atoms with van der Waals surface area (Å²) in [7, 11) is 1.59. The zero-order chi connectivity index (χ0) is 13.0. The highest BCUT2D eigenvalue weighted by Crippen LogP contribution is 2.21. The molecule has 4 heteroatoms. The molecular weight excluding hydrogens is 228 g/mol. The van der Waals surface area contributed by atoms with Crippen LogP contribution in [0.4, 0.5) is 0 Å². The van der Waals surface area contributed by atoms with E-state index in [4.69, 9.17) is 9.47 Å². The third-order valence-electron chi connectivity index (χ3n) is 2.32. The summed E-state index contributed by atoms with van der Waals surface area (Å²) in [6.45, 7) is 4.00. The Labute approximate surface area is 107 Å². The van der Waals surface area contributed by atoms with E-state index in [2.05, 4.69) is 9.97 Å². The zero-order valence-corrected chi connectivity index (χ0v) is 10.8. The van der Waals surface area contributed by atoms with Crippen LogP contribution in [0.5, 0.6) is 11.6 Å². The van der Waals surface area contributed by atoms with Crippen molar-refractivity contribution in [3.05, 3.63) is 36.5 Å². The highest BCUT2D eigenvalue weighted by Gasteiger charge is 2.04. The van der Waals surface area contributed by atoms with Crippen LogP contribution in [0.2, 0.25) is 0 Å². The smallest absolute Gasteiger partial charge is 0.216 e. The molecule has 2 aromatic rings. The summed E-state index contributed by atoms with van der Waals surface area (Å²) >= 11 is 0. The Morgan fingerprint density at radius 2 is 1.78 bits per heavy atom. The largest absolute Gasteiger partial charge is 0.491 e. The van der Waals surface area contributed by atoms with E-state index >= 15 is 0 Å². The second-order valence-electron chi connectivity index (χ2n) is 4.11. The fourth-order valence-corrected chi connectivity index (χ4v) is 1.55. The minimum Gasteiger partial charge on any atom is -0.491 e. The van der Waals surface area contributed by atoms with Gasteiger partial charge in [0.1, 0.15) is 5.75 Å². The summed E-state index contributed by atoms with van der Waals surface area (Å²) in [5, 5.41) is 0. The number of methoxy groups -OCH3 is 1. The van der Waals surface area contributed by atoms with Crippen LogP contribution in [0.15, 0.2) is 36.5 Å². The molecular formula is C14H16N2O2. The zero-order valence-electron chi connectivity index (χ0n) is 10.8. The Morgan fingerprint density at radius 1 is 1.06 bits per heavy atom. The average molecular weight is 244 g/mol. The lowest BCUT2D eigenvalue weighted by Crippen LogP contribution is -2.05. The standard InChI is InChI=1S/C14H16N2O2/c1-10(2)18-12-6-4-11(5-7-12)14-15-9-8-13(16-14)17-3/h4-10H,1-3H3. The van der Waals surface area contributed by atoms with Gasteiger partial charge in [0.15, 0.2) is 5.82 Å². The molecule has 0 spiro atoms. The quantitative estimate of drug-likeness (QED) is 0.829. The molecule has 0 aliphatic carbocycles. The van der Waals surface area contributed by atoms with Gasteiger partial charge in [-0.1, -0.05) is 0 Å². The lowest BCUT2D eigenvalue weighted by molar-refractivity contribution is 0.242. The van der Waals surface area contributed by atoms with E-state index in [1.807, 2.05) is 38.1 Å². The number of ether oxygens (including phenoxy) is 2.